The standard InChI is InChI=1S/C12H16N2O/c1-12(2,14)7-9-4-5-11(15-3)10(6-9)8-13/h4-6H,7,14H2,1-3H3. The van der Waals surface area contributed by atoms with Crippen LogP contribution in [0.2, 0.25) is 0 Å². The van der Waals surface area contributed by atoms with E-state index in [4.69, 9.17) is 15.7 Å². The maximum atomic E-state index is 8.91. The van der Waals surface area contributed by atoms with Gasteiger partial charge in [0.25, 0.3) is 0 Å². The Balaban J connectivity index is 3.00. The summed E-state index contributed by atoms with van der Waals surface area (Å²) in [6.45, 7) is 3.92. The minimum absolute atomic E-state index is 0.263. The van der Waals surface area contributed by atoms with Crippen molar-refractivity contribution in [1.29, 1.82) is 5.26 Å². The van der Waals surface area contributed by atoms with Crippen LogP contribution in [-0.2, 0) is 6.42 Å². The molecule has 15 heavy (non-hydrogen) atoms. The number of nitriles is 1. The Morgan fingerprint density at radius 1 is 1.47 bits per heavy atom. The fourth-order valence-corrected chi connectivity index (χ4v) is 1.48. The number of benzene rings is 1. The Morgan fingerprint density at radius 2 is 2.13 bits per heavy atom. The normalized spacial score (nSPS) is 10.9. The topological polar surface area (TPSA) is 59.0 Å². The van der Waals surface area contributed by atoms with Gasteiger partial charge in [-0.3, -0.25) is 0 Å². The summed E-state index contributed by atoms with van der Waals surface area (Å²) in [6, 6.07) is 7.68. The lowest BCUT2D eigenvalue weighted by molar-refractivity contribution is 0.413. The third-order valence-corrected chi connectivity index (χ3v) is 2.04. The first kappa shape index (κ1) is 11.5. The summed E-state index contributed by atoms with van der Waals surface area (Å²) < 4.78 is 5.07. The molecule has 0 bridgehead atoms. The number of hydrogen-bond acceptors (Lipinski definition) is 3. The summed E-state index contributed by atoms with van der Waals surface area (Å²) in [5, 5.41) is 8.91. The van der Waals surface area contributed by atoms with E-state index in [0.717, 1.165) is 12.0 Å². The highest BCUT2D eigenvalue weighted by molar-refractivity contribution is 5.45. The second-order valence-corrected chi connectivity index (χ2v) is 4.31. The first-order valence-electron chi connectivity index (χ1n) is 4.82. The van der Waals surface area contributed by atoms with Crippen LogP contribution < -0.4 is 10.5 Å². The summed E-state index contributed by atoms with van der Waals surface area (Å²) in [5.41, 5.74) is 7.26. The number of rotatable bonds is 3. The predicted octanol–water partition coefficient (Wildman–Crippen LogP) is 1.85. The third kappa shape index (κ3) is 3.26. The highest BCUT2D eigenvalue weighted by Crippen LogP contribution is 2.20. The zero-order valence-corrected chi connectivity index (χ0v) is 9.37. The zero-order valence-electron chi connectivity index (χ0n) is 9.37. The van der Waals surface area contributed by atoms with E-state index < -0.39 is 0 Å². The number of methoxy groups -OCH3 is 1. The van der Waals surface area contributed by atoms with Crippen molar-refractivity contribution in [3.63, 3.8) is 0 Å². The lowest BCUT2D eigenvalue weighted by Crippen LogP contribution is -2.34. The smallest absolute Gasteiger partial charge is 0.136 e. The van der Waals surface area contributed by atoms with Crippen molar-refractivity contribution in [2.45, 2.75) is 25.8 Å². The molecule has 1 aromatic carbocycles. The summed E-state index contributed by atoms with van der Waals surface area (Å²) in [6.07, 6.45) is 0.742. The zero-order chi connectivity index (χ0) is 11.5. The molecular weight excluding hydrogens is 188 g/mol. The summed E-state index contributed by atoms with van der Waals surface area (Å²) in [5.74, 6) is 0.607. The highest BCUT2D eigenvalue weighted by atomic mass is 16.5. The van der Waals surface area contributed by atoms with E-state index in [-0.39, 0.29) is 5.54 Å². The van der Waals surface area contributed by atoms with Gasteiger partial charge in [0.1, 0.15) is 11.8 Å². The van der Waals surface area contributed by atoms with Crippen molar-refractivity contribution < 1.29 is 4.74 Å². The van der Waals surface area contributed by atoms with E-state index in [0.29, 0.717) is 11.3 Å². The average Bonchev–Trinajstić information content (AvgIpc) is 2.15. The molecule has 0 aromatic heterocycles. The van der Waals surface area contributed by atoms with Gasteiger partial charge in [0, 0.05) is 5.54 Å². The fourth-order valence-electron chi connectivity index (χ4n) is 1.48. The first-order chi connectivity index (χ1) is 6.96. The van der Waals surface area contributed by atoms with Crippen LogP contribution in [-0.4, -0.2) is 12.6 Å². The largest absolute Gasteiger partial charge is 0.495 e. The number of nitrogens with zero attached hydrogens (tertiary/aromatic N) is 1. The molecule has 2 N–H and O–H groups in total. The van der Waals surface area contributed by atoms with Crippen molar-refractivity contribution in [3.8, 4) is 11.8 Å². The van der Waals surface area contributed by atoms with Crippen LogP contribution in [0.25, 0.3) is 0 Å². The molecule has 0 fully saturated rings. The van der Waals surface area contributed by atoms with Gasteiger partial charge in [0.05, 0.1) is 12.7 Å². The number of hydrogen-bond donors (Lipinski definition) is 1. The number of nitrogens with two attached hydrogens (primary N) is 1. The maximum Gasteiger partial charge on any atom is 0.136 e. The van der Waals surface area contributed by atoms with Gasteiger partial charge in [0.15, 0.2) is 0 Å². The van der Waals surface area contributed by atoms with Crippen LogP contribution in [0.3, 0.4) is 0 Å². The lowest BCUT2D eigenvalue weighted by atomic mass is 9.95. The molecule has 0 aliphatic rings. The van der Waals surface area contributed by atoms with Crippen LogP contribution in [0, 0.1) is 11.3 Å². The molecule has 80 valence electrons. The Kier molecular flexibility index (Phi) is 3.33. The highest BCUT2D eigenvalue weighted by Gasteiger charge is 2.13. The Morgan fingerprint density at radius 3 is 2.60 bits per heavy atom. The van der Waals surface area contributed by atoms with E-state index in [1.54, 1.807) is 13.2 Å². The van der Waals surface area contributed by atoms with Gasteiger partial charge in [-0.05, 0) is 38.0 Å². The van der Waals surface area contributed by atoms with Crippen LogP contribution in [0.1, 0.15) is 25.0 Å². The minimum atomic E-state index is -0.263. The quantitative estimate of drug-likeness (QED) is 0.817. The predicted molar refractivity (Wildman–Crippen MR) is 59.7 cm³/mol. The van der Waals surface area contributed by atoms with Crippen LogP contribution in [0.5, 0.6) is 5.75 Å². The van der Waals surface area contributed by atoms with Crippen LogP contribution in [0.4, 0.5) is 0 Å². The molecule has 0 radical (unpaired) electrons. The summed E-state index contributed by atoms with van der Waals surface area (Å²) >= 11 is 0. The molecule has 0 saturated carbocycles. The van der Waals surface area contributed by atoms with Crippen molar-refractivity contribution >= 4 is 0 Å². The Hall–Kier alpha value is -1.53. The second kappa shape index (κ2) is 4.33. The summed E-state index contributed by atoms with van der Waals surface area (Å²) in [4.78, 5) is 0. The molecule has 0 aliphatic carbocycles. The monoisotopic (exact) mass is 204 g/mol. The molecule has 0 heterocycles. The molecule has 3 heteroatoms. The molecule has 0 saturated heterocycles. The minimum Gasteiger partial charge on any atom is -0.495 e. The van der Waals surface area contributed by atoms with Gasteiger partial charge >= 0.3 is 0 Å². The van der Waals surface area contributed by atoms with Crippen LogP contribution in [0.15, 0.2) is 18.2 Å². The molecule has 1 rings (SSSR count). The first-order valence-corrected chi connectivity index (χ1v) is 4.82. The van der Waals surface area contributed by atoms with Gasteiger partial charge in [0.2, 0.25) is 0 Å². The Bertz CT molecular complexity index is 386. The van der Waals surface area contributed by atoms with Gasteiger partial charge in [-0.15, -0.1) is 0 Å². The van der Waals surface area contributed by atoms with Gasteiger partial charge in [-0.2, -0.15) is 5.26 Å². The van der Waals surface area contributed by atoms with Gasteiger partial charge in [-0.1, -0.05) is 6.07 Å². The van der Waals surface area contributed by atoms with Gasteiger partial charge in [-0.25, -0.2) is 0 Å². The molecule has 0 spiro atoms. The number of ether oxygens (including phenoxy) is 1. The molecule has 1 aromatic rings. The molecule has 0 aliphatic heterocycles. The molecular formula is C12H16N2O. The van der Waals surface area contributed by atoms with Crippen molar-refractivity contribution in [2.24, 2.45) is 5.73 Å². The molecule has 0 amide bonds. The van der Waals surface area contributed by atoms with Gasteiger partial charge < -0.3 is 10.5 Å². The van der Waals surface area contributed by atoms with E-state index in [1.807, 2.05) is 26.0 Å². The van der Waals surface area contributed by atoms with Crippen LogP contribution >= 0.6 is 0 Å². The van der Waals surface area contributed by atoms with Crippen molar-refractivity contribution in [2.75, 3.05) is 7.11 Å². The second-order valence-electron chi connectivity index (χ2n) is 4.31. The maximum absolute atomic E-state index is 8.91. The summed E-state index contributed by atoms with van der Waals surface area (Å²) in [7, 11) is 1.56. The van der Waals surface area contributed by atoms with E-state index in [9.17, 15) is 0 Å². The molecule has 0 unspecified atom stereocenters. The van der Waals surface area contributed by atoms with E-state index in [2.05, 4.69) is 6.07 Å². The third-order valence-electron chi connectivity index (χ3n) is 2.04. The molecule has 3 nitrogen and oxygen atoms in total. The molecule has 0 atom stereocenters. The SMILES string of the molecule is COc1ccc(CC(C)(C)N)cc1C#N. The van der Waals surface area contributed by atoms with E-state index >= 15 is 0 Å². The van der Waals surface area contributed by atoms with Crippen molar-refractivity contribution in [3.05, 3.63) is 29.3 Å². The average molecular weight is 204 g/mol. The fraction of sp³-hybridized carbons (Fsp3) is 0.417. The van der Waals surface area contributed by atoms with Crippen molar-refractivity contribution in [1.82, 2.24) is 0 Å². The lowest BCUT2D eigenvalue weighted by Gasteiger charge is -2.18. The van der Waals surface area contributed by atoms with E-state index in [1.165, 1.54) is 0 Å². The Labute approximate surface area is 90.5 Å².